The molecule has 2 rings (SSSR count). The van der Waals surface area contributed by atoms with E-state index < -0.39 is 6.10 Å². The van der Waals surface area contributed by atoms with Gasteiger partial charge in [-0.25, -0.2) is 0 Å². The number of aliphatic hydroxyl groups is 1. The number of furan rings is 1. The van der Waals surface area contributed by atoms with E-state index in [-0.39, 0.29) is 12.5 Å². The van der Waals surface area contributed by atoms with Gasteiger partial charge in [-0.3, -0.25) is 4.79 Å². The molecule has 1 aromatic heterocycles. The number of amides is 1. The predicted octanol–water partition coefficient (Wildman–Crippen LogP) is 1.75. The van der Waals surface area contributed by atoms with Crippen molar-refractivity contribution in [3.63, 3.8) is 0 Å². The fourth-order valence-corrected chi connectivity index (χ4v) is 1.65. The van der Waals surface area contributed by atoms with Gasteiger partial charge in [0, 0.05) is 6.54 Å². The topological polar surface area (TPSA) is 71.7 Å². The quantitative estimate of drug-likeness (QED) is 0.860. The van der Waals surface area contributed by atoms with E-state index in [0.717, 1.165) is 0 Å². The van der Waals surface area contributed by atoms with Gasteiger partial charge in [-0.1, -0.05) is 12.1 Å². The van der Waals surface area contributed by atoms with E-state index in [1.54, 1.807) is 37.4 Å². The molecule has 1 heterocycles. The number of methoxy groups -OCH3 is 1. The molecule has 2 aromatic rings. The summed E-state index contributed by atoms with van der Waals surface area (Å²) in [7, 11) is 1.56. The summed E-state index contributed by atoms with van der Waals surface area (Å²) in [6.45, 7) is 0.122. The van der Waals surface area contributed by atoms with Gasteiger partial charge in [-0.2, -0.15) is 0 Å². The number of aliphatic hydroxyl groups excluding tert-OH is 1. The third kappa shape index (κ3) is 3.35. The number of hydrogen-bond donors (Lipinski definition) is 2. The molecule has 0 aliphatic rings. The van der Waals surface area contributed by atoms with Crippen LogP contribution in [0.3, 0.4) is 0 Å². The zero-order valence-corrected chi connectivity index (χ0v) is 10.5. The highest BCUT2D eigenvalue weighted by Gasteiger charge is 2.12. The van der Waals surface area contributed by atoms with Crippen molar-refractivity contribution < 1.29 is 19.1 Å². The molecular weight excluding hydrogens is 246 g/mol. The minimum atomic E-state index is -0.786. The van der Waals surface area contributed by atoms with Crippen molar-refractivity contribution >= 4 is 5.91 Å². The number of ether oxygens (including phenoxy) is 1. The van der Waals surface area contributed by atoms with Crippen LogP contribution in [-0.4, -0.2) is 24.7 Å². The number of carbonyl (C=O) groups is 1. The van der Waals surface area contributed by atoms with E-state index >= 15 is 0 Å². The lowest BCUT2D eigenvalue weighted by molar-refractivity contribution is 0.0915. The third-order valence-corrected chi connectivity index (χ3v) is 2.72. The van der Waals surface area contributed by atoms with Crippen LogP contribution in [0.2, 0.25) is 0 Å². The number of hydrogen-bond acceptors (Lipinski definition) is 4. The summed E-state index contributed by atoms with van der Waals surface area (Å²) < 4.78 is 9.90. The molecule has 1 aromatic carbocycles. The van der Waals surface area contributed by atoms with Crippen LogP contribution >= 0.6 is 0 Å². The summed E-state index contributed by atoms with van der Waals surface area (Å²) in [6, 6.07) is 8.65. The van der Waals surface area contributed by atoms with E-state index in [2.05, 4.69) is 5.32 Å². The first-order valence-electron chi connectivity index (χ1n) is 5.83. The fraction of sp³-hybridized carbons (Fsp3) is 0.214. The summed E-state index contributed by atoms with van der Waals surface area (Å²) in [6.07, 6.45) is 1.99. The lowest BCUT2D eigenvalue weighted by Gasteiger charge is -2.12. The molecular formula is C14H15NO4. The molecule has 0 aliphatic carbocycles. The monoisotopic (exact) mass is 261 g/mol. The second-order valence-corrected chi connectivity index (χ2v) is 4.01. The summed E-state index contributed by atoms with van der Waals surface area (Å²) >= 11 is 0. The molecule has 0 fully saturated rings. The highest BCUT2D eigenvalue weighted by Crippen LogP contribution is 2.18. The average Bonchev–Trinajstić information content (AvgIpc) is 2.98. The van der Waals surface area contributed by atoms with Crippen LogP contribution in [0.1, 0.15) is 22.0 Å². The Morgan fingerprint density at radius 2 is 2.32 bits per heavy atom. The first-order chi connectivity index (χ1) is 9.20. The first kappa shape index (κ1) is 13.2. The second-order valence-electron chi connectivity index (χ2n) is 4.01. The molecule has 0 radical (unpaired) electrons. The highest BCUT2D eigenvalue weighted by atomic mass is 16.5. The number of nitrogens with one attached hydrogen (secondary N) is 1. The third-order valence-electron chi connectivity index (χ3n) is 2.72. The van der Waals surface area contributed by atoms with Crippen LogP contribution in [0.15, 0.2) is 47.3 Å². The summed E-state index contributed by atoms with van der Waals surface area (Å²) in [5.41, 5.74) is 1.12. The van der Waals surface area contributed by atoms with E-state index in [9.17, 15) is 9.90 Å². The van der Waals surface area contributed by atoms with Crippen LogP contribution in [0.25, 0.3) is 0 Å². The zero-order valence-electron chi connectivity index (χ0n) is 10.5. The van der Waals surface area contributed by atoms with E-state index in [0.29, 0.717) is 16.9 Å². The Bertz CT molecular complexity index is 536. The maximum atomic E-state index is 11.7. The van der Waals surface area contributed by atoms with Crippen molar-refractivity contribution in [2.24, 2.45) is 0 Å². The Labute approximate surface area is 110 Å². The Balaban J connectivity index is 1.93. The van der Waals surface area contributed by atoms with Gasteiger partial charge >= 0.3 is 0 Å². The molecule has 100 valence electrons. The molecule has 0 saturated heterocycles. The van der Waals surface area contributed by atoms with E-state index in [4.69, 9.17) is 9.15 Å². The van der Waals surface area contributed by atoms with Crippen LogP contribution in [-0.2, 0) is 0 Å². The van der Waals surface area contributed by atoms with Gasteiger partial charge < -0.3 is 19.6 Å². The van der Waals surface area contributed by atoms with Gasteiger partial charge in [-0.15, -0.1) is 0 Å². The van der Waals surface area contributed by atoms with Gasteiger partial charge in [-0.05, 0) is 23.8 Å². The van der Waals surface area contributed by atoms with Crippen molar-refractivity contribution in [2.75, 3.05) is 13.7 Å². The average molecular weight is 261 g/mol. The standard InChI is InChI=1S/C14H15NO4/c1-18-12-4-2-3-10(7-12)13(16)8-15-14(17)11-5-6-19-9-11/h2-7,9,13,16H,8H2,1H3,(H,15,17)/t13-/m1/s1. The molecule has 0 saturated carbocycles. The largest absolute Gasteiger partial charge is 0.497 e. The predicted molar refractivity (Wildman–Crippen MR) is 69.0 cm³/mol. The maximum absolute atomic E-state index is 11.7. The molecule has 0 aliphatic heterocycles. The van der Waals surface area contributed by atoms with Gasteiger partial charge in [0.25, 0.3) is 5.91 Å². The lowest BCUT2D eigenvalue weighted by atomic mass is 10.1. The molecule has 1 amide bonds. The van der Waals surface area contributed by atoms with Crippen molar-refractivity contribution in [1.29, 1.82) is 0 Å². The minimum absolute atomic E-state index is 0.122. The van der Waals surface area contributed by atoms with Crippen LogP contribution < -0.4 is 10.1 Å². The number of benzene rings is 1. The SMILES string of the molecule is COc1cccc([C@H](O)CNC(=O)c2ccoc2)c1. The maximum Gasteiger partial charge on any atom is 0.254 e. The summed E-state index contributed by atoms with van der Waals surface area (Å²) in [5, 5.41) is 12.6. The molecule has 0 bridgehead atoms. The zero-order chi connectivity index (χ0) is 13.7. The summed E-state index contributed by atoms with van der Waals surface area (Å²) in [5.74, 6) is 0.383. The number of rotatable bonds is 5. The smallest absolute Gasteiger partial charge is 0.254 e. The van der Waals surface area contributed by atoms with Gasteiger partial charge in [0.1, 0.15) is 12.0 Å². The van der Waals surface area contributed by atoms with Crippen molar-refractivity contribution in [3.8, 4) is 5.75 Å². The van der Waals surface area contributed by atoms with Crippen molar-refractivity contribution in [3.05, 3.63) is 54.0 Å². The Hall–Kier alpha value is -2.27. The van der Waals surface area contributed by atoms with E-state index in [1.807, 2.05) is 0 Å². The van der Waals surface area contributed by atoms with Gasteiger partial charge in [0.2, 0.25) is 0 Å². The molecule has 19 heavy (non-hydrogen) atoms. The first-order valence-corrected chi connectivity index (χ1v) is 5.83. The molecule has 1 atom stereocenters. The lowest BCUT2D eigenvalue weighted by Crippen LogP contribution is -2.28. The second kappa shape index (κ2) is 6.06. The van der Waals surface area contributed by atoms with Crippen LogP contribution in [0.4, 0.5) is 0 Å². The molecule has 5 heteroatoms. The Kier molecular flexibility index (Phi) is 4.20. The number of carbonyl (C=O) groups excluding carboxylic acids is 1. The molecule has 2 N–H and O–H groups in total. The van der Waals surface area contributed by atoms with Crippen LogP contribution in [0, 0.1) is 0 Å². The van der Waals surface area contributed by atoms with Gasteiger partial charge in [0.05, 0.1) is 25.0 Å². The van der Waals surface area contributed by atoms with Gasteiger partial charge in [0.15, 0.2) is 0 Å². The Morgan fingerprint density at radius 3 is 3.00 bits per heavy atom. The highest BCUT2D eigenvalue weighted by molar-refractivity contribution is 5.93. The fourth-order valence-electron chi connectivity index (χ4n) is 1.65. The normalized spacial score (nSPS) is 11.9. The minimum Gasteiger partial charge on any atom is -0.497 e. The van der Waals surface area contributed by atoms with Crippen molar-refractivity contribution in [2.45, 2.75) is 6.10 Å². The molecule has 5 nitrogen and oxygen atoms in total. The van der Waals surface area contributed by atoms with Crippen LogP contribution in [0.5, 0.6) is 5.75 Å². The van der Waals surface area contributed by atoms with Crippen molar-refractivity contribution in [1.82, 2.24) is 5.32 Å². The van der Waals surface area contributed by atoms with E-state index in [1.165, 1.54) is 12.5 Å². The molecule has 0 unspecified atom stereocenters. The summed E-state index contributed by atoms with van der Waals surface area (Å²) in [4.78, 5) is 11.7. The Morgan fingerprint density at radius 1 is 1.47 bits per heavy atom. The molecule has 0 spiro atoms.